The normalized spacial score (nSPS) is 9.56. The number of aromatic nitrogens is 1. The highest BCUT2D eigenvalue weighted by Crippen LogP contribution is 2.10. The van der Waals surface area contributed by atoms with Crippen molar-refractivity contribution in [2.45, 2.75) is 6.54 Å². The van der Waals surface area contributed by atoms with Gasteiger partial charge in [0, 0.05) is 12.7 Å². The predicted octanol–water partition coefficient (Wildman–Crippen LogP) is 1.30. The Morgan fingerprint density at radius 2 is 2.44 bits per heavy atom. The third-order valence-electron chi connectivity index (χ3n) is 1.06. The van der Waals surface area contributed by atoms with Gasteiger partial charge in [-0.25, -0.2) is 4.98 Å². The van der Waals surface area contributed by atoms with E-state index in [1.807, 2.05) is 12.1 Å². The molecule has 0 aliphatic carbocycles. The molecule has 9 heavy (non-hydrogen) atoms. The topological polar surface area (TPSA) is 38.9 Å². The molecule has 0 amide bonds. The molecule has 48 valence electrons. The fourth-order valence-corrected chi connectivity index (χ4v) is 0.984. The Kier molecular flexibility index (Phi) is 2.19. The molecule has 1 aromatic heterocycles. The second-order valence-corrected chi connectivity index (χ2v) is 2.41. The molecule has 0 bridgehead atoms. The Labute approximate surface area is 62.2 Å². The molecule has 1 aromatic rings. The van der Waals surface area contributed by atoms with Crippen LogP contribution in [0, 0.1) is 0 Å². The lowest BCUT2D eigenvalue weighted by molar-refractivity contribution is 1.03. The molecule has 0 saturated heterocycles. The molecule has 2 nitrogen and oxygen atoms in total. The van der Waals surface area contributed by atoms with Crippen LogP contribution in [0.25, 0.3) is 0 Å². The maximum Gasteiger partial charge on any atom is 0.110 e. The van der Waals surface area contributed by atoms with Crippen LogP contribution in [0.4, 0.5) is 0 Å². The summed E-state index contributed by atoms with van der Waals surface area (Å²) in [7, 11) is 0. The van der Waals surface area contributed by atoms with Gasteiger partial charge >= 0.3 is 0 Å². The van der Waals surface area contributed by atoms with Crippen molar-refractivity contribution >= 4 is 15.9 Å². The Bertz CT molecular complexity index is 200. The van der Waals surface area contributed by atoms with Gasteiger partial charge in [0.15, 0.2) is 0 Å². The molecule has 1 rings (SSSR count). The molecule has 0 aliphatic heterocycles. The standard InChI is InChI=1S/C6H7BrN2/c7-6-5(4-8)2-1-3-9-6/h1-3H,4,8H2. The molecule has 1 heterocycles. The first-order valence-corrected chi connectivity index (χ1v) is 3.43. The molecule has 0 spiro atoms. The summed E-state index contributed by atoms with van der Waals surface area (Å²) in [5.41, 5.74) is 6.42. The van der Waals surface area contributed by atoms with Crippen molar-refractivity contribution in [1.29, 1.82) is 0 Å². The van der Waals surface area contributed by atoms with Crippen LogP contribution in [0.1, 0.15) is 5.56 Å². The van der Waals surface area contributed by atoms with Crippen molar-refractivity contribution in [2.75, 3.05) is 0 Å². The zero-order chi connectivity index (χ0) is 6.69. The highest BCUT2D eigenvalue weighted by Gasteiger charge is 1.93. The van der Waals surface area contributed by atoms with Crippen LogP contribution >= 0.6 is 15.9 Å². The lowest BCUT2D eigenvalue weighted by Gasteiger charge is -1.95. The monoisotopic (exact) mass is 186 g/mol. The van der Waals surface area contributed by atoms with E-state index in [0.717, 1.165) is 10.2 Å². The molecule has 0 aliphatic rings. The number of pyridine rings is 1. The first kappa shape index (κ1) is 6.71. The largest absolute Gasteiger partial charge is 0.326 e. The van der Waals surface area contributed by atoms with E-state index in [1.54, 1.807) is 6.20 Å². The Balaban J connectivity index is 3.01. The lowest BCUT2D eigenvalue weighted by Crippen LogP contribution is -1.97. The number of halogens is 1. The van der Waals surface area contributed by atoms with Crippen molar-refractivity contribution in [3.63, 3.8) is 0 Å². The number of rotatable bonds is 1. The molecular formula is C6H7BrN2. The highest BCUT2D eigenvalue weighted by atomic mass is 79.9. The van der Waals surface area contributed by atoms with Crippen LogP contribution in [0.2, 0.25) is 0 Å². The molecular weight excluding hydrogens is 180 g/mol. The van der Waals surface area contributed by atoms with E-state index in [9.17, 15) is 0 Å². The van der Waals surface area contributed by atoms with Gasteiger partial charge in [0.2, 0.25) is 0 Å². The summed E-state index contributed by atoms with van der Waals surface area (Å²) in [6, 6.07) is 3.81. The summed E-state index contributed by atoms with van der Waals surface area (Å²) in [5, 5.41) is 0. The quantitative estimate of drug-likeness (QED) is 0.673. The lowest BCUT2D eigenvalue weighted by atomic mass is 10.3. The number of nitrogens with zero attached hydrogens (tertiary/aromatic N) is 1. The van der Waals surface area contributed by atoms with Crippen LogP contribution in [0.3, 0.4) is 0 Å². The molecule has 3 heteroatoms. The molecule has 0 atom stereocenters. The van der Waals surface area contributed by atoms with Gasteiger partial charge in [-0.1, -0.05) is 6.07 Å². The Morgan fingerprint density at radius 1 is 1.67 bits per heavy atom. The van der Waals surface area contributed by atoms with Crippen molar-refractivity contribution in [3.05, 3.63) is 28.5 Å². The van der Waals surface area contributed by atoms with E-state index in [-0.39, 0.29) is 0 Å². The minimum absolute atomic E-state index is 0.536. The third-order valence-corrected chi connectivity index (χ3v) is 1.77. The van der Waals surface area contributed by atoms with Gasteiger partial charge < -0.3 is 5.73 Å². The van der Waals surface area contributed by atoms with E-state index in [2.05, 4.69) is 20.9 Å². The van der Waals surface area contributed by atoms with Crippen molar-refractivity contribution in [3.8, 4) is 0 Å². The maximum absolute atomic E-state index is 5.38. The summed E-state index contributed by atoms with van der Waals surface area (Å²) < 4.78 is 0.840. The van der Waals surface area contributed by atoms with Gasteiger partial charge in [-0.05, 0) is 27.6 Å². The summed E-state index contributed by atoms with van der Waals surface area (Å²) in [5.74, 6) is 0. The maximum atomic E-state index is 5.38. The van der Waals surface area contributed by atoms with Crippen LogP contribution in [-0.2, 0) is 6.54 Å². The van der Waals surface area contributed by atoms with E-state index in [1.165, 1.54) is 0 Å². The second-order valence-electron chi connectivity index (χ2n) is 1.66. The van der Waals surface area contributed by atoms with Gasteiger partial charge in [0.25, 0.3) is 0 Å². The van der Waals surface area contributed by atoms with Crippen molar-refractivity contribution in [2.24, 2.45) is 5.73 Å². The van der Waals surface area contributed by atoms with Crippen LogP contribution in [-0.4, -0.2) is 4.98 Å². The van der Waals surface area contributed by atoms with Gasteiger partial charge in [-0.15, -0.1) is 0 Å². The number of nitrogens with two attached hydrogens (primary N) is 1. The number of hydrogen-bond acceptors (Lipinski definition) is 2. The summed E-state index contributed by atoms with van der Waals surface area (Å²) in [6.07, 6.45) is 1.73. The SMILES string of the molecule is NCc1cccnc1Br. The molecule has 0 unspecified atom stereocenters. The van der Waals surface area contributed by atoms with Gasteiger partial charge in [0.1, 0.15) is 4.60 Å². The molecule has 0 aromatic carbocycles. The second kappa shape index (κ2) is 2.94. The van der Waals surface area contributed by atoms with Crippen molar-refractivity contribution < 1.29 is 0 Å². The van der Waals surface area contributed by atoms with Crippen LogP contribution in [0.15, 0.2) is 22.9 Å². The van der Waals surface area contributed by atoms with E-state index >= 15 is 0 Å². The zero-order valence-electron chi connectivity index (χ0n) is 4.84. The molecule has 0 radical (unpaired) electrons. The minimum atomic E-state index is 0.536. The van der Waals surface area contributed by atoms with Gasteiger partial charge in [-0.2, -0.15) is 0 Å². The first-order valence-electron chi connectivity index (χ1n) is 2.64. The molecule has 0 fully saturated rings. The van der Waals surface area contributed by atoms with E-state index < -0.39 is 0 Å². The Morgan fingerprint density at radius 3 is 2.89 bits per heavy atom. The summed E-state index contributed by atoms with van der Waals surface area (Å²) >= 11 is 3.27. The zero-order valence-corrected chi connectivity index (χ0v) is 6.43. The minimum Gasteiger partial charge on any atom is -0.326 e. The molecule has 2 N–H and O–H groups in total. The highest BCUT2D eigenvalue weighted by molar-refractivity contribution is 9.10. The fourth-order valence-electron chi connectivity index (χ4n) is 0.572. The average molecular weight is 187 g/mol. The smallest absolute Gasteiger partial charge is 0.110 e. The summed E-state index contributed by atoms with van der Waals surface area (Å²) in [4.78, 5) is 3.99. The Hall–Kier alpha value is -0.410. The van der Waals surface area contributed by atoms with Crippen LogP contribution < -0.4 is 5.73 Å². The van der Waals surface area contributed by atoms with E-state index in [0.29, 0.717) is 6.54 Å². The third kappa shape index (κ3) is 1.50. The fraction of sp³-hybridized carbons (Fsp3) is 0.167. The van der Waals surface area contributed by atoms with Crippen LogP contribution in [0.5, 0.6) is 0 Å². The average Bonchev–Trinajstić information content (AvgIpc) is 1.89. The summed E-state index contributed by atoms with van der Waals surface area (Å²) in [6.45, 7) is 0.536. The predicted molar refractivity (Wildman–Crippen MR) is 39.8 cm³/mol. The van der Waals surface area contributed by atoms with Gasteiger partial charge in [-0.3, -0.25) is 0 Å². The van der Waals surface area contributed by atoms with Crippen molar-refractivity contribution in [1.82, 2.24) is 4.98 Å². The van der Waals surface area contributed by atoms with E-state index in [4.69, 9.17) is 5.73 Å². The molecule has 0 saturated carbocycles. The number of hydrogen-bond donors (Lipinski definition) is 1. The van der Waals surface area contributed by atoms with Gasteiger partial charge in [0.05, 0.1) is 0 Å². The first-order chi connectivity index (χ1) is 4.34.